The van der Waals surface area contributed by atoms with Crippen molar-refractivity contribution in [2.75, 3.05) is 18.5 Å². The highest BCUT2D eigenvalue weighted by atomic mass is 16.1. The topological polar surface area (TPSA) is 20.3 Å². The van der Waals surface area contributed by atoms with Gasteiger partial charge in [0.2, 0.25) is 0 Å². The third-order valence-electron chi connectivity index (χ3n) is 2.79. The minimum atomic E-state index is 0.0284. The number of likely N-dealkylation sites (N-methyl/N-ethyl adjacent to an activating group) is 1. The van der Waals surface area contributed by atoms with Crippen LogP contribution in [0.15, 0.2) is 55.1 Å². The average molecular weight is 225 g/mol. The number of carbonyl (C=O) groups is 1. The Morgan fingerprint density at radius 2 is 1.94 bits per heavy atom. The zero-order chi connectivity index (χ0) is 12.3. The fourth-order valence-corrected chi connectivity index (χ4v) is 1.80. The van der Waals surface area contributed by atoms with E-state index in [1.807, 2.05) is 30.1 Å². The molecule has 0 aliphatic carbocycles. The van der Waals surface area contributed by atoms with E-state index in [0.29, 0.717) is 6.54 Å². The smallest absolute Gasteiger partial charge is 0.174 e. The first-order chi connectivity index (χ1) is 8.20. The molecule has 17 heavy (non-hydrogen) atoms. The van der Waals surface area contributed by atoms with E-state index in [2.05, 4.69) is 30.8 Å². The minimum Gasteiger partial charge on any atom is -0.367 e. The summed E-state index contributed by atoms with van der Waals surface area (Å²) < 4.78 is 0. The summed E-state index contributed by atoms with van der Waals surface area (Å²) in [6, 6.07) is 14.4. The third kappa shape index (κ3) is 2.53. The zero-order valence-corrected chi connectivity index (χ0v) is 9.89. The first-order valence-corrected chi connectivity index (χ1v) is 5.56. The lowest BCUT2D eigenvalue weighted by Crippen LogP contribution is -2.24. The molecule has 2 heteroatoms. The molecule has 0 aliphatic rings. The lowest BCUT2D eigenvalue weighted by molar-refractivity contribution is -0.113. The molecule has 0 fully saturated rings. The Morgan fingerprint density at radius 1 is 1.24 bits per heavy atom. The minimum absolute atomic E-state index is 0.0284. The fourth-order valence-electron chi connectivity index (χ4n) is 1.80. The lowest BCUT2D eigenvalue weighted by Gasteiger charge is -2.18. The number of rotatable bonds is 4. The van der Waals surface area contributed by atoms with E-state index in [-0.39, 0.29) is 5.78 Å². The summed E-state index contributed by atoms with van der Waals surface area (Å²) in [5.74, 6) is 0.0284. The summed E-state index contributed by atoms with van der Waals surface area (Å²) in [5, 5.41) is 2.39. The number of ketones is 1. The van der Waals surface area contributed by atoms with Crippen LogP contribution in [0.25, 0.3) is 10.8 Å². The molecule has 0 heterocycles. The fraction of sp³-hybridized carbons (Fsp3) is 0.133. The van der Waals surface area contributed by atoms with Crippen molar-refractivity contribution in [2.24, 2.45) is 0 Å². The molecule has 0 amide bonds. The van der Waals surface area contributed by atoms with E-state index >= 15 is 0 Å². The number of nitrogens with zero attached hydrogens (tertiary/aromatic N) is 1. The Balaban J connectivity index is 2.29. The Labute approximate surface area is 101 Å². The van der Waals surface area contributed by atoms with E-state index in [1.165, 1.54) is 16.8 Å². The van der Waals surface area contributed by atoms with Crippen molar-refractivity contribution in [3.05, 3.63) is 55.1 Å². The first-order valence-electron chi connectivity index (χ1n) is 5.56. The van der Waals surface area contributed by atoms with Crippen LogP contribution in [0, 0.1) is 0 Å². The van der Waals surface area contributed by atoms with Crippen molar-refractivity contribution in [1.82, 2.24) is 0 Å². The molecule has 0 N–H and O–H groups in total. The van der Waals surface area contributed by atoms with Crippen LogP contribution in [0.4, 0.5) is 5.69 Å². The molecule has 0 bridgehead atoms. The lowest BCUT2D eigenvalue weighted by atomic mass is 10.1. The van der Waals surface area contributed by atoms with Crippen molar-refractivity contribution >= 4 is 22.2 Å². The van der Waals surface area contributed by atoms with Crippen molar-refractivity contribution in [2.45, 2.75) is 0 Å². The third-order valence-corrected chi connectivity index (χ3v) is 2.79. The Kier molecular flexibility index (Phi) is 3.24. The second-order valence-corrected chi connectivity index (χ2v) is 4.06. The van der Waals surface area contributed by atoms with Crippen LogP contribution in [0.5, 0.6) is 0 Å². The molecule has 0 saturated carbocycles. The molecule has 2 rings (SSSR count). The largest absolute Gasteiger partial charge is 0.367 e. The molecular formula is C15H15NO. The van der Waals surface area contributed by atoms with Gasteiger partial charge in [-0.1, -0.05) is 36.9 Å². The van der Waals surface area contributed by atoms with Gasteiger partial charge in [0.1, 0.15) is 0 Å². The van der Waals surface area contributed by atoms with Gasteiger partial charge in [0.25, 0.3) is 0 Å². The number of fused-ring (bicyclic) bond motifs is 1. The van der Waals surface area contributed by atoms with Crippen LogP contribution in [0.2, 0.25) is 0 Å². The summed E-state index contributed by atoms with van der Waals surface area (Å²) in [6.45, 7) is 3.84. The predicted molar refractivity (Wildman–Crippen MR) is 72.4 cm³/mol. The highest BCUT2D eigenvalue weighted by Gasteiger charge is 2.05. The SMILES string of the molecule is C=CC(=O)CN(C)c1ccc2ccccc2c1. The van der Waals surface area contributed by atoms with Gasteiger partial charge in [-0.15, -0.1) is 0 Å². The quantitative estimate of drug-likeness (QED) is 0.745. The molecule has 0 radical (unpaired) electrons. The standard InChI is InChI=1S/C15H15NO/c1-3-15(17)11-16(2)14-9-8-12-6-4-5-7-13(12)10-14/h3-10H,1,11H2,2H3. The number of hydrogen-bond acceptors (Lipinski definition) is 2. The first kappa shape index (κ1) is 11.4. The van der Waals surface area contributed by atoms with Crippen molar-refractivity contribution < 1.29 is 4.79 Å². The maximum absolute atomic E-state index is 11.3. The number of benzene rings is 2. The molecule has 0 unspecified atom stereocenters. The molecule has 2 aromatic rings. The summed E-state index contributed by atoms with van der Waals surface area (Å²) in [7, 11) is 1.91. The molecule has 0 aliphatic heterocycles. The van der Waals surface area contributed by atoms with E-state index in [0.717, 1.165) is 5.69 Å². The summed E-state index contributed by atoms with van der Waals surface area (Å²) in [5.41, 5.74) is 1.04. The van der Waals surface area contributed by atoms with E-state index in [9.17, 15) is 4.79 Å². The van der Waals surface area contributed by atoms with Gasteiger partial charge in [-0.3, -0.25) is 4.79 Å². The van der Waals surface area contributed by atoms with Gasteiger partial charge < -0.3 is 4.90 Å². The van der Waals surface area contributed by atoms with Crippen LogP contribution in [-0.4, -0.2) is 19.4 Å². The number of carbonyl (C=O) groups excluding carboxylic acids is 1. The summed E-state index contributed by atoms with van der Waals surface area (Å²) >= 11 is 0. The van der Waals surface area contributed by atoms with Crippen LogP contribution in [-0.2, 0) is 4.79 Å². The van der Waals surface area contributed by atoms with Gasteiger partial charge in [0, 0.05) is 12.7 Å². The maximum atomic E-state index is 11.3. The molecule has 0 spiro atoms. The van der Waals surface area contributed by atoms with Crippen molar-refractivity contribution in [3.63, 3.8) is 0 Å². The molecule has 0 atom stereocenters. The molecule has 2 aromatic carbocycles. The van der Waals surface area contributed by atoms with Gasteiger partial charge in [-0.2, -0.15) is 0 Å². The normalized spacial score (nSPS) is 10.2. The zero-order valence-electron chi connectivity index (χ0n) is 9.89. The van der Waals surface area contributed by atoms with Crippen LogP contribution in [0.3, 0.4) is 0 Å². The van der Waals surface area contributed by atoms with E-state index in [1.54, 1.807) is 0 Å². The monoisotopic (exact) mass is 225 g/mol. The second-order valence-electron chi connectivity index (χ2n) is 4.06. The van der Waals surface area contributed by atoms with Crippen LogP contribution < -0.4 is 4.90 Å². The van der Waals surface area contributed by atoms with Gasteiger partial charge >= 0.3 is 0 Å². The molecule has 86 valence electrons. The van der Waals surface area contributed by atoms with Crippen LogP contribution >= 0.6 is 0 Å². The highest BCUT2D eigenvalue weighted by Crippen LogP contribution is 2.21. The highest BCUT2D eigenvalue weighted by molar-refractivity contribution is 5.93. The maximum Gasteiger partial charge on any atom is 0.174 e. The Morgan fingerprint density at radius 3 is 2.65 bits per heavy atom. The van der Waals surface area contributed by atoms with Crippen LogP contribution in [0.1, 0.15) is 0 Å². The van der Waals surface area contributed by atoms with E-state index in [4.69, 9.17) is 0 Å². The number of anilines is 1. The number of hydrogen-bond donors (Lipinski definition) is 0. The molecule has 0 aromatic heterocycles. The van der Waals surface area contributed by atoms with Gasteiger partial charge in [0.15, 0.2) is 5.78 Å². The Hall–Kier alpha value is -2.09. The average Bonchev–Trinajstić information content (AvgIpc) is 2.38. The predicted octanol–water partition coefficient (Wildman–Crippen LogP) is 3.03. The second kappa shape index (κ2) is 4.83. The van der Waals surface area contributed by atoms with Gasteiger partial charge in [-0.25, -0.2) is 0 Å². The summed E-state index contributed by atoms with van der Waals surface area (Å²) in [6.07, 6.45) is 1.36. The van der Waals surface area contributed by atoms with E-state index < -0.39 is 0 Å². The van der Waals surface area contributed by atoms with Crippen molar-refractivity contribution in [3.8, 4) is 0 Å². The molecule has 2 nitrogen and oxygen atoms in total. The van der Waals surface area contributed by atoms with Gasteiger partial charge in [0.05, 0.1) is 6.54 Å². The Bertz CT molecular complexity index is 560. The molecule has 0 saturated heterocycles. The van der Waals surface area contributed by atoms with Crippen molar-refractivity contribution in [1.29, 1.82) is 0 Å². The summed E-state index contributed by atoms with van der Waals surface area (Å²) in [4.78, 5) is 13.2. The molecular weight excluding hydrogens is 210 g/mol. The van der Waals surface area contributed by atoms with Gasteiger partial charge in [-0.05, 0) is 29.0 Å².